The fraction of sp³-hybridized carbons (Fsp3) is 0.909. The van der Waals surface area contributed by atoms with Gasteiger partial charge in [-0.3, -0.25) is 0 Å². The number of rotatable bonds is 5. The Balaban J connectivity index is 3.73. The van der Waals surface area contributed by atoms with Gasteiger partial charge >= 0.3 is 0 Å². The molecule has 0 spiro atoms. The van der Waals surface area contributed by atoms with Gasteiger partial charge in [-0.1, -0.05) is 34.1 Å². The summed E-state index contributed by atoms with van der Waals surface area (Å²) < 4.78 is 0. The van der Waals surface area contributed by atoms with Crippen molar-refractivity contribution in [3.63, 3.8) is 0 Å². The lowest BCUT2D eigenvalue weighted by Gasteiger charge is -2.29. The van der Waals surface area contributed by atoms with Crippen molar-refractivity contribution in [1.82, 2.24) is 0 Å². The van der Waals surface area contributed by atoms with Crippen LogP contribution in [-0.2, 0) is 9.78 Å². The van der Waals surface area contributed by atoms with E-state index in [1.165, 1.54) is 0 Å². The summed E-state index contributed by atoms with van der Waals surface area (Å²) in [6.45, 7) is 13.3. The van der Waals surface area contributed by atoms with Gasteiger partial charge in [0.2, 0.25) is 0 Å². The Morgan fingerprint density at radius 3 is 2.08 bits per heavy atom. The molecule has 1 radical (unpaired) electrons. The lowest BCUT2D eigenvalue weighted by atomic mass is 9.80. The van der Waals surface area contributed by atoms with E-state index in [0.717, 1.165) is 12.5 Å². The van der Waals surface area contributed by atoms with Gasteiger partial charge in [0, 0.05) is 0 Å². The smallest absolute Gasteiger partial charge is 0.129 e. The van der Waals surface area contributed by atoms with Crippen molar-refractivity contribution in [3.05, 3.63) is 6.10 Å². The van der Waals surface area contributed by atoms with Crippen molar-refractivity contribution in [2.45, 2.75) is 48.0 Å². The van der Waals surface area contributed by atoms with E-state index < -0.39 is 0 Å². The topological polar surface area (TPSA) is 18.5 Å². The molecule has 79 valence electrons. The normalized spacial score (nSPS) is 15.0. The van der Waals surface area contributed by atoms with Crippen LogP contribution in [0.1, 0.15) is 48.0 Å². The molecule has 13 heavy (non-hydrogen) atoms. The van der Waals surface area contributed by atoms with E-state index in [1.54, 1.807) is 0 Å². The molecule has 1 unspecified atom stereocenters. The first-order chi connectivity index (χ1) is 5.88. The summed E-state index contributed by atoms with van der Waals surface area (Å²) in [7, 11) is 0. The highest BCUT2D eigenvalue weighted by Crippen LogP contribution is 2.28. The molecule has 0 aromatic carbocycles. The van der Waals surface area contributed by atoms with Gasteiger partial charge in [-0.15, -0.1) is 0 Å². The van der Waals surface area contributed by atoms with E-state index in [-0.39, 0.29) is 0 Å². The quantitative estimate of drug-likeness (QED) is 0.484. The van der Waals surface area contributed by atoms with E-state index in [2.05, 4.69) is 27.7 Å². The molecule has 0 saturated heterocycles. The zero-order chi connectivity index (χ0) is 10.5. The minimum atomic E-state index is 0.291. The van der Waals surface area contributed by atoms with Crippen LogP contribution < -0.4 is 0 Å². The molecule has 1 atom stereocenters. The van der Waals surface area contributed by atoms with Crippen LogP contribution in [0.25, 0.3) is 0 Å². The van der Waals surface area contributed by atoms with Gasteiger partial charge in [-0.05, 0) is 25.2 Å². The molecule has 0 amide bonds. The molecule has 0 rings (SSSR count). The highest BCUT2D eigenvalue weighted by Gasteiger charge is 2.23. The summed E-state index contributed by atoms with van der Waals surface area (Å²) in [5.74, 6) is 0.548. The lowest BCUT2D eigenvalue weighted by Crippen LogP contribution is -2.24. The van der Waals surface area contributed by atoms with Crippen molar-refractivity contribution < 1.29 is 9.78 Å². The van der Waals surface area contributed by atoms with Crippen LogP contribution in [0.2, 0.25) is 0 Å². The van der Waals surface area contributed by atoms with E-state index in [9.17, 15) is 0 Å². The summed E-state index contributed by atoms with van der Waals surface area (Å²) in [6.07, 6.45) is 1.97. The summed E-state index contributed by atoms with van der Waals surface area (Å²) in [5, 5.41) is 0. The Bertz CT molecular complexity index is 125. The van der Waals surface area contributed by atoms with E-state index in [1.807, 2.05) is 13.8 Å². The first kappa shape index (κ1) is 12.9. The monoisotopic (exact) mass is 187 g/mol. The molecule has 0 aliphatic rings. The summed E-state index contributed by atoms with van der Waals surface area (Å²) >= 11 is 0. The molecule has 0 N–H and O–H groups in total. The molecule has 0 saturated carbocycles. The second kappa shape index (κ2) is 5.61. The molecule has 0 fully saturated rings. The fourth-order valence-electron chi connectivity index (χ4n) is 1.21. The van der Waals surface area contributed by atoms with Crippen molar-refractivity contribution in [2.24, 2.45) is 11.3 Å². The maximum absolute atomic E-state index is 5.14. The van der Waals surface area contributed by atoms with Crippen LogP contribution in [0.15, 0.2) is 0 Å². The molecule has 0 aliphatic carbocycles. The van der Waals surface area contributed by atoms with Gasteiger partial charge in [-0.25, -0.2) is 9.78 Å². The van der Waals surface area contributed by atoms with E-state index in [0.29, 0.717) is 17.9 Å². The Hall–Kier alpha value is -0.0800. The van der Waals surface area contributed by atoms with E-state index >= 15 is 0 Å². The Kier molecular flexibility index (Phi) is 5.57. The van der Waals surface area contributed by atoms with Gasteiger partial charge in [0.05, 0.1) is 6.61 Å². The highest BCUT2D eigenvalue weighted by atomic mass is 17.2. The van der Waals surface area contributed by atoms with Crippen LogP contribution in [0.4, 0.5) is 0 Å². The van der Waals surface area contributed by atoms with Gasteiger partial charge in [0.25, 0.3) is 0 Å². The van der Waals surface area contributed by atoms with Crippen molar-refractivity contribution in [1.29, 1.82) is 0 Å². The number of hydrogen-bond donors (Lipinski definition) is 0. The maximum Gasteiger partial charge on any atom is 0.129 e. The van der Waals surface area contributed by atoms with Crippen molar-refractivity contribution in [3.8, 4) is 0 Å². The minimum Gasteiger partial charge on any atom is -0.236 e. The van der Waals surface area contributed by atoms with Gasteiger partial charge in [-0.2, -0.15) is 0 Å². The minimum absolute atomic E-state index is 0.291. The molecule has 0 aromatic heterocycles. The third kappa shape index (κ3) is 6.05. The average Bonchev–Trinajstić information content (AvgIpc) is 1.95. The SMILES string of the molecule is CCC(COO[C](C)C)C(C)(C)C. The molecular formula is C11H23O2. The molecular weight excluding hydrogens is 164 g/mol. The third-order valence-corrected chi connectivity index (χ3v) is 2.21. The Morgan fingerprint density at radius 2 is 1.77 bits per heavy atom. The predicted molar refractivity (Wildman–Crippen MR) is 54.9 cm³/mol. The predicted octanol–water partition coefficient (Wildman–Crippen LogP) is 3.58. The van der Waals surface area contributed by atoms with Crippen LogP contribution in [-0.4, -0.2) is 6.61 Å². The number of hydrogen-bond acceptors (Lipinski definition) is 2. The average molecular weight is 187 g/mol. The standard InChI is InChI=1S/C11H23O2/c1-7-10(11(4,5)6)8-12-13-9(2)3/h10H,7-8H2,1-6H3. The summed E-state index contributed by atoms with van der Waals surface area (Å²) in [4.78, 5) is 10.1. The molecule has 2 nitrogen and oxygen atoms in total. The zero-order valence-electron chi connectivity index (χ0n) is 9.81. The van der Waals surface area contributed by atoms with Crippen LogP contribution in [0.5, 0.6) is 0 Å². The summed E-state index contributed by atoms with van der Waals surface area (Å²) in [5.41, 5.74) is 0.291. The Morgan fingerprint density at radius 1 is 1.23 bits per heavy atom. The molecule has 0 bridgehead atoms. The van der Waals surface area contributed by atoms with Crippen LogP contribution in [0.3, 0.4) is 0 Å². The Labute approximate surface area is 82.5 Å². The molecule has 0 heterocycles. The van der Waals surface area contributed by atoms with Crippen molar-refractivity contribution >= 4 is 0 Å². The van der Waals surface area contributed by atoms with Crippen LogP contribution >= 0.6 is 0 Å². The van der Waals surface area contributed by atoms with Crippen molar-refractivity contribution in [2.75, 3.05) is 6.61 Å². The zero-order valence-corrected chi connectivity index (χ0v) is 9.81. The fourth-order valence-corrected chi connectivity index (χ4v) is 1.21. The largest absolute Gasteiger partial charge is 0.236 e. The molecule has 0 aliphatic heterocycles. The first-order valence-corrected chi connectivity index (χ1v) is 4.97. The second-order valence-corrected chi connectivity index (χ2v) is 4.75. The molecule has 0 aromatic rings. The maximum atomic E-state index is 5.14. The van der Waals surface area contributed by atoms with Gasteiger partial charge in [0.15, 0.2) is 0 Å². The molecule has 2 heteroatoms. The lowest BCUT2D eigenvalue weighted by molar-refractivity contribution is -0.295. The van der Waals surface area contributed by atoms with E-state index in [4.69, 9.17) is 9.78 Å². The summed E-state index contributed by atoms with van der Waals surface area (Å²) in [6, 6.07) is 0. The highest BCUT2D eigenvalue weighted by molar-refractivity contribution is 4.71. The van der Waals surface area contributed by atoms with Gasteiger partial charge in [0.1, 0.15) is 6.10 Å². The third-order valence-electron chi connectivity index (χ3n) is 2.21. The second-order valence-electron chi connectivity index (χ2n) is 4.75. The first-order valence-electron chi connectivity index (χ1n) is 4.97. The van der Waals surface area contributed by atoms with Crippen LogP contribution in [0, 0.1) is 17.4 Å². The van der Waals surface area contributed by atoms with Gasteiger partial charge < -0.3 is 0 Å².